The number of hydrogen-bond acceptors (Lipinski definition) is 3. The number of hydrogen-bond donors (Lipinski definition) is 2. The zero-order chi connectivity index (χ0) is 14.9. The Morgan fingerprint density at radius 3 is 2.35 bits per heavy atom. The van der Waals surface area contributed by atoms with Gasteiger partial charge in [0.05, 0.1) is 11.7 Å². The van der Waals surface area contributed by atoms with E-state index >= 15 is 0 Å². The van der Waals surface area contributed by atoms with Crippen LogP contribution in [0.25, 0.3) is 0 Å². The maximum atomic E-state index is 11.7. The summed E-state index contributed by atoms with van der Waals surface area (Å²) in [6.07, 6.45) is 5.85. The molecule has 2 atom stereocenters. The Balaban J connectivity index is 2.37. The Morgan fingerprint density at radius 2 is 1.85 bits per heavy atom. The maximum Gasteiger partial charge on any atom is 0.334 e. The van der Waals surface area contributed by atoms with E-state index in [1.165, 1.54) is 13.0 Å². The van der Waals surface area contributed by atoms with Crippen molar-refractivity contribution in [2.45, 2.75) is 51.7 Å². The average molecular weight is 280 g/mol. The van der Waals surface area contributed by atoms with Crippen LogP contribution in [0.1, 0.15) is 39.5 Å². The predicted molar refractivity (Wildman–Crippen MR) is 72.3 cm³/mol. The lowest BCUT2D eigenvalue weighted by Crippen LogP contribution is -2.47. The van der Waals surface area contributed by atoms with Crippen LogP contribution in [-0.4, -0.2) is 34.4 Å². The first-order chi connectivity index (χ1) is 9.37. The van der Waals surface area contributed by atoms with E-state index in [0.717, 1.165) is 25.7 Å². The lowest BCUT2D eigenvalue weighted by atomic mass is 9.71. The van der Waals surface area contributed by atoms with Crippen LogP contribution in [0, 0.1) is 5.41 Å². The third-order valence-electron chi connectivity index (χ3n) is 4.46. The van der Waals surface area contributed by atoms with E-state index in [2.05, 4.69) is 0 Å². The summed E-state index contributed by atoms with van der Waals surface area (Å²) < 4.78 is 5.90. The first kappa shape index (κ1) is 14.8. The first-order valence-electron chi connectivity index (χ1n) is 6.88. The number of rotatable bonds is 4. The summed E-state index contributed by atoms with van der Waals surface area (Å²) in [5.41, 5.74) is -0.698. The van der Waals surface area contributed by atoms with Gasteiger partial charge < -0.3 is 14.9 Å². The van der Waals surface area contributed by atoms with Gasteiger partial charge in [-0.05, 0) is 32.8 Å². The van der Waals surface area contributed by atoms with Gasteiger partial charge in [-0.25, -0.2) is 4.79 Å². The molecule has 2 rings (SSSR count). The quantitative estimate of drug-likeness (QED) is 0.826. The van der Waals surface area contributed by atoms with E-state index in [-0.39, 0.29) is 11.7 Å². The van der Waals surface area contributed by atoms with Gasteiger partial charge in [0.25, 0.3) is 0 Å². The third kappa shape index (κ3) is 2.38. The van der Waals surface area contributed by atoms with Crippen LogP contribution in [0.4, 0.5) is 0 Å². The summed E-state index contributed by atoms with van der Waals surface area (Å²) in [5, 5.41) is 18.9. The fraction of sp³-hybridized carbons (Fsp3) is 0.600. The van der Waals surface area contributed by atoms with Gasteiger partial charge in [-0.1, -0.05) is 24.5 Å². The Kier molecular flexibility index (Phi) is 3.99. The maximum absolute atomic E-state index is 11.7. The van der Waals surface area contributed by atoms with E-state index in [4.69, 9.17) is 4.74 Å². The summed E-state index contributed by atoms with van der Waals surface area (Å²) in [5.74, 6) is -2.18. The van der Waals surface area contributed by atoms with Gasteiger partial charge in [0, 0.05) is 0 Å². The standard InChI is InChI=1S/C15H20O5/c1-9-7-8-11(13(16)17)12(15(9,2)14(18)19)20-10-5-3-4-6-10/h7-8,10,12H,3-6H2,1-2H3,(H,16,17)(H,18,19). The van der Waals surface area contributed by atoms with Crippen molar-refractivity contribution in [3.8, 4) is 0 Å². The lowest BCUT2D eigenvalue weighted by molar-refractivity contribution is -0.156. The number of ether oxygens (including phenoxy) is 1. The SMILES string of the molecule is CC1=CC=C(C(=O)O)C(OC2CCCC2)C1(C)C(=O)O. The molecule has 0 aromatic carbocycles. The molecule has 110 valence electrons. The molecule has 0 bridgehead atoms. The number of aliphatic carboxylic acids is 2. The highest BCUT2D eigenvalue weighted by Crippen LogP contribution is 2.41. The van der Waals surface area contributed by atoms with Crippen molar-refractivity contribution in [2.24, 2.45) is 5.41 Å². The number of carboxylic acids is 2. The van der Waals surface area contributed by atoms with Gasteiger partial charge in [0.1, 0.15) is 11.5 Å². The summed E-state index contributed by atoms with van der Waals surface area (Å²) in [6.45, 7) is 3.24. The van der Waals surface area contributed by atoms with Crippen molar-refractivity contribution in [2.75, 3.05) is 0 Å². The minimum atomic E-state index is -1.33. The Morgan fingerprint density at radius 1 is 1.25 bits per heavy atom. The summed E-state index contributed by atoms with van der Waals surface area (Å²) in [7, 11) is 0. The number of carbonyl (C=O) groups is 2. The van der Waals surface area contributed by atoms with Gasteiger partial charge in [0.2, 0.25) is 0 Å². The minimum Gasteiger partial charge on any atom is -0.481 e. The number of allylic oxidation sites excluding steroid dienone is 2. The van der Waals surface area contributed by atoms with Gasteiger partial charge in [0.15, 0.2) is 0 Å². The topological polar surface area (TPSA) is 83.8 Å². The van der Waals surface area contributed by atoms with Gasteiger partial charge in [-0.3, -0.25) is 4.79 Å². The predicted octanol–water partition coefficient (Wildman–Crippen LogP) is 2.38. The van der Waals surface area contributed by atoms with Crippen LogP contribution in [0.15, 0.2) is 23.3 Å². The van der Waals surface area contributed by atoms with Crippen LogP contribution >= 0.6 is 0 Å². The normalized spacial score (nSPS) is 30.8. The highest BCUT2D eigenvalue weighted by molar-refractivity contribution is 5.92. The van der Waals surface area contributed by atoms with Crippen molar-refractivity contribution in [1.29, 1.82) is 0 Å². The van der Waals surface area contributed by atoms with E-state index in [1.54, 1.807) is 13.0 Å². The van der Waals surface area contributed by atoms with E-state index < -0.39 is 23.5 Å². The average Bonchev–Trinajstić information content (AvgIpc) is 2.87. The first-order valence-corrected chi connectivity index (χ1v) is 6.88. The number of carboxylic acid groups (broad SMARTS) is 2. The van der Waals surface area contributed by atoms with Crippen molar-refractivity contribution in [3.05, 3.63) is 23.3 Å². The Hall–Kier alpha value is -1.62. The molecular weight excluding hydrogens is 260 g/mol. The molecule has 0 heterocycles. The molecule has 0 spiro atoms. The molecular formula is C15H20O5. The molecule has 0 amide bonds. The highest BCUT2D eigenvalue weighted by atomic mass is 16.5. The second-order valence-electron chi connectivity index (χ2n) is 5.71. The van der Waals surface area contributed by atoms with E-state index in [0.29, 0.717) is 5.57 Å². The second-order valence-corrected chi connectivity index (χ2v) is 5.71. The molecule has 1 fully saturated rings. The van der Waals surface area contributed by atoms with Crippen molar-refractivity contribution >= 4 is 11.9 Å². The summed E-state index contributed by atoms with van der Waals surface area (Å²) in [4.78, 5) is 23.1. The smallest absolute Gasteiger partial charge is 0.334 e. The van der Waals surface area contributed by atoms with Crippen molar-refractivity contribution < 1.29 is 24.5 Å². The molecule has 0 saturated heterocycles. The van der Waals surface area contributed by atoms with Crippen LogP contribution in [0.2, 0.25) is 0 Å². The van der Waals surface area contributed by atoms with Gasteiger partial charge in [-0.2, -0.15) is 0 Å². The molecule has 1 saturated carbocycles. The fourth-order valence-corrected chi connectivity index (χ4v) is 2.88. The fourth-order valence-electron chi connectivity index (χ4n) is 2.88. The highest BCUT2D eigenvalue weighted by Gasteiger charge is 2.49. The van der Waals surface area contributed by atoms with Gasteiger partial charge >= 0.3 is 11.9 Å². The van der Waals surface area contributed by atoms with Crippen LogP contribution in [-0.2, 0) is 14.3 Å². The van der Waals surface area contributed by atoms with Crippen molar-refractivity contribution in [1.82, 2.24) is 0 Å². The molecule has 0 aromatic heterocycles. The molecule has 2 aliphatic carbocycles. The second kappa shape index (κ2) is 5.40. The Labute approximate surface area is 117 Å². The van der Waals surface area contributed by atoms with Crippen LogP contribution in [0.5, 0.6) is 0 Å². The Bertz CT molecular complexity index is 484. The molecule has 2 aliphatic rings. The monoisotopic (exact) mass is 280 g/mol. The third-order valence-corrected chi connectivity index (χ3v) is 4.46. The molecule has 0 radical (unpaired) electrons. The lowest BCUT2D eigenvalue weighted by Gasteiger charge is -2.38. The van der Waals surface area contributed by atoms with Gasteiger partial charge in [-0.15, -0.1) is 0 Å². The molecule has 0 aliphatic heterocycles. The molecule has 0 aromatic rings. The molecule has 2 N–H and O–H groups in total. The minimum absolute atomic E-state index is 0.0207. The molecule has 5 nitrogen and oxygen atoms in total. The van der Waals surface area contributed by atoms with Crippen molar-refractivity contribution in [3.63, 3.8) is 0 Å². The molecule has 2 unspecified atom stereocenters. The molecule has 5 heteroatoms. The van der Waals surface area contributed by atoms with Crippen LogP contribution < -0.4 is 0 Å². The summed E-state index contributed by atoms with van der Waals surface area (Å²) in [6, 6.07) is 0. The zero-order valence-electron chi connectivity index (χ0n) is 11.8. The zero-order valence-corrected chi connectivity index (χ0v) is 11.8. The van der Waals surface area contributed by atoms with Crippen LogP contribution in [0.3, 0.4) is 0 Å². The van der Waals surface area contributed by atoms with E-state index in [9.17, 15) is 19.8 Å². The molecule has 20 heavy (non-hydrogen) atoms. The van der Waals surface area contributed by atoms with E-state index in [1.807, 2.05) is 0 Å². The summed E-state index contributed by atoms with van der Waals surface area (Å²) >= 11 is 0. The largest absolute Gasteiger partial charge is 0.481 e.